The molecule has 156 valence electrons. The molecule has 1 aromatic carbocycles. The van der Waals surface area contributed by atoms with Crippen LogP contribution in [0.15, 0.2) is 18.2 Å². The molecule has 1 heterocycles. The molecule has 0 bridgehead atoms. The standard InChI is InChI=1S/C21H23Cl2NO4S/c1-11(2)28-21(26)19-14-6-4-12(3)8-17(14)29-20(19)24-18(25)10-27-16-7-5-13(22)9-15(16)23/h5,7,9,11-12H,4,6,8,10H2,1-3H3,(H,24,25)/t12-/m1/s1. The van der Waals surface area contributed by atoms with Crippen molar-refractivity contribution in [3.63, 3.8) is 0 Å². The van der Waals surface area contributed by atoms with E-state index >= 15 is 0 Å². The molecule has 2 aromatic rings. The summed E-state index contributed by atoms with van der Waals surface area (Å²) >= 11 is 13.4. The van der Waals surface area contributed by atoms with Crippen molar-refractivity contribution < 1.29 is 19.1 Å². The maximum Gasteiger partial charge on any atom is 0.341 e. The Morgan fingerprint density at radius 2 is 2.07 bits per heavy atom. The summed E-state index contributed by atoms with van der Waals surface area (Å²) in [7, 11) is 0. The first-order valence-electron chi connectivity index (χ1n) is 9.47. The van der Waals surface area contributed by atoms with Crippen molar-refractivity contribution in [2.45, 2.75) is 46.1 Å². The average molecular weight is 456 g/mol. The van der Waals surface area contributed by atoms with Crippen LogP contribution in [0.25, 0.3) is 0 Å². The van der Waals surface area contributed by atoms with E-state index in [2.05, 4.69) is 12.2 Å². The van der Waals surface area contributed by atoms with Crippen molar-refractivity contribution in [3.05, 3.63) is 44.2 Å². The van der Waals surface area contributed by atoms with Gasteiger partial charge >= 0.3 is 5.97 Å². The highest BCUT2D eigenvalue weighted by molar-refractivity contribution is 7.17. The van der Waals surface area contributed by atoms with Gasteiger partial charge in [-0.15, -0.1) is 11.3 Å². The summed E-state index contributed by atoms with van der Waals surface area (Å²) in [6.07, 6.45) is 2.48. The van der Waals surface area contributed by atoms with Gasteiger partial charge in [-0.05, 0) is 62.8 Å². The quantitative estimate of drug-likeness (QED) is 0.561. The lowest BCUT2D eigenvalue weighted by Gasteiger charge is -2.18. The molecular formula is C21H23Cl2NO4S. The number of benzene rings is 1. The summed E-state index contributed by atoms with van der Waals surface area (Å²) < 4.78 is 10.9. The minimum atomic E-state index is -0.399. The second-order valence-corrected chi connectivity index (χ2v) is 9.37. The molecule has 3 rings (SSSR count). The van der Waals surface area contributed by atoms with Gasteiger partial charge in [-0.2, -0.15) is 0 Å². The van der Waals surface area contributed by atoms with Crippen molar-refractivity contribution in [3.8, 4) is 5.75 Å². The number of carbonyl (C=O) groups excluding carboxylic acids is 2. The normalized spacial score (nSPS) is 15.7. The number of carbonyl (C=O) groups is 2. The van der Waals surface area contributed by atoms with Crippen LogP contribution in [0.2, 0.25) is 10.0 Å². The first kappa shape index (κ1) is 21.9. The molecule has 1 aromatic heterocycles. The van der Waals surface area contributed by atoms with E-state index in [4.69, 9.17) is 32.7 Å². The van der Waals surface area contributed by atoms with Crippen molar-refractivity contribution in [1.82, 2.24) is 0 Å². The zero-order valence-corrected chi connectivity index (χ0v) is 18.8. The van der Waals surface area contributed by atoms with Gasteiger partial charge in [0.05, 0.1) is 16.7 Å². The summed E-state index contributed by atoms with van der Waals surface area (Å²) in [5.41, 5.74) is 1.47. The van der Waals surface area contributed by atoms with Gasteiger partial charge in [-0.1, -0.05) is 30.1 Å². The van der Waals surface area contributed by atoms with E-state index in [1.165, 1.54) is 11.3 Å². The lowest BCUT2D eigenvalue weighted by Crippen LogP contribution is -2.22. The highest BCUT2D eigenvalue weighted by atomic mass is 35.5. The number of rotatable bonds is 6. The highest BCUT2D eigenvalue weighted by Gasteiger charge is 2.29. The van der Waals surface area contributed by atoms with Crippen LogP contribution in [0.1, 0.15) is 48.0 Å². The number of ether oxygens (including phenoxy) is 2. The van der Waals surface area contributed by atoms with Gasteiger partial charge in [-0.3, -0.25) is 4.79 Å². The first-order valence-corrected chi connectivity index (χ1v) is 11.0. The Kier molecular flexibility index (Phi) is 7.09. The molecule has 1 atom stereocenters. The summed E-state index contributed by atoms with van der Waals surface area (Å²) in [6, 6.07) is 4.79. The fourth-order valence-electron chi connectivity index (χ4n) is 3.23. The fourth-order valence-corrected chi connectivity index (χ4v) is 5.10. The smallest absolute Gasteiger partial charge is 0.341 e. The average Bonchev–Trinajstić information content (AvgIpc) is 2.97. The summed E-state index contributed by atoms with van der Waals surface area (Å²) in [6.45, 7) is 5.57. The molecule has 1 N–H and O–H groups in total. The third kappa shape index (κ3) is 5.44. The van der Waals surface area contributed by atoms with Crippen LogP contribution in [0, 0.1) is 5.92 Å². The molecule has 29 heavy (non-hydrogen) atoms. The Hall–Kier alpha value is -1.76. The third-order valence-electron chi connectivity index (χ3n) is 4.56. The highest BCUT2D eigenvalue weighted by Crippen LogP contribution is 2.40. The number of thiophene rings is 1. The molecule has 0 fully saturated rings. The molecule has 5 nitrogen and oxygen atoms in total. The predicted octanol–water partition coefficient (Wildman–Crippen LogP) is 5.76. The number of halogens is 2. The van der Waals surface area contributed by atoms with E-state index in [-0.39, 0.29) is 18.6 Å². The van der Waals surface area contributed by atoms with Gasteiger partial charge in [0.15, 0.2) is 6.61 Å². The van der Waals surface area contributed by atoms with Gasteiger partial charge in [0.25, 0.3) is 5.91 Å². The van der Waals surface area contributed by atoms with E-state index in [9.17, 15) is 9.59 Å². The molecule has 1 amide bonds. The molecule has 0 saturated carbocycles. The van der Waals surface area contributed by atoms with Crippen LogP contribution in [0.3, 0.4) is 0 Å². The molecule has 0 radical (unpaired) electrons. The fraction of sp³-hybridized carbons (Fsp3) is 0.429. The molecule has 1 aliphatic carbocycles. The number of nitrogens with one attached hydrogen (secondary N) is 1. The Morgan fingerprint density at radius 3 is 2.76 bits per heavy atom. The minimum absolute atomic E-state index is 0.237. The number of hydrogen-bond donors (Lipinski definition) is 1. The largest absolute Gasteiger partial charge is 0.482 e. The van der Waals surface area contributed by atoms with E-state index in [1.807, 2.05) is 0 Å². The maximum atomic E-state index is 12.7. The lowest BCUT2D eigenvalue weighted by molar-refractivity contribution is -0.118. The van der Waals surface area contributed by atoms with Crippen molar-refractivity contribution in [2.75, 3.05) is 11.9 Å². The second kappa shape index (κ2) is 9.37. The number of anilines is 1. The second-order valence-electron chi connectivity index (χ2n) is 7.42. The van der Waals surface area contributed by atoms with Crippen LogP contribution in [0.4, 0.5) is 5.00 Å². The number of esters is 1. The van der Waals surface area contributed by atoms with Crippen LogP contribution in [-0.4, -0.2) is 24.6 Å². The van der Waals surface area contributed by atoms with E-state index in [1.54, 1.807) is 32.0 Å². The SMILES string of the molecule is CC(C)OC(=O)c1c(NC(=O)COc2ccc(Cl)cc2Cl)sc2c1CC[C@@H](C)C2. The van der Waals surface area contributed by atoms with E-state index in [0.29, 0.717) is 32.3 Å². The van der Waals surface area contributed by atoms with Gasteiger partial charge in [0.2, 0.25) is 0 Å². The van der Waals surface area contributed by atoms with Crippen LogP contribution in [-0.2, 0) is 22.4 Å². The molecule has 8 heteroatoms. The van der Waals surface area contributed by atoms with Gasteiger partial charge in [0, 0.05) is 9.90 Å². The Bertz CT molecular complexity index is 926. The summed E-state index contributed by atoms with van der Waals surface area (Å²) in [4.78, 5) is 26.3. The molecular weight excluding hydrogens is 433 g/mol. The van der Waals surface area contributed by atoms with Crippen molar-refractivity contribution in [2.24, 2.45) is 5.92 Å². The van der Waals surface area contributed by atoms with Gasteiger partial charge < -0.3 is 14.8 Å². The van der Waals surface area contributed by atoms with E-state index < -0.39 is 5.97 Å². The van der Waals surface area contributed by atoms with Crippen LogP contribution >= 0.6 is 34.5 Å². The van der Waals surface area contributed by atoms with Crippen LogP contribution in [0.5, 0.6) is 5.75 Å². The molecule has 0 spiro atoms. The predicted molar refractivity (Wildman–Crippen MR) is 117 cm³/mol. The van der Waals surface area contributed by atoms with Gasteiger partial charge in [0.1, 0.15) is 10.8 Å². The molecule has 1 aliphatic rings. The number of amides is 1. The number of hydrogen-bond acceptors (Lipinski definition) is 5. The molecule has 0 saturated heterocycles. The topological polar surface area (TPSA) is 64.6 Å². The Labute approximate surface area is 184 Å². The van der Waals surface area contributed by atoms with E-state index in [0.717, 1.165) is 29.7 Å². The lowest BCUT2D eigenvalue weighted by atomic mass is 9.88. The minimum Gasteiger partial charge on any atom is -0.482 e. The molecule has 0 aliphatic heterocycles. The number of fused-ring (bicyclic) bond motifs is 1. The maximum absolute atomic E-state index is 12.7. The van der Waals surface area contributed by atoms with Gasteiger partial charge in [-0.25, -0.2) is 4.79 Å². The summed E-state index contributed by atoms with van der Waals surface area (Å²) in [5, 5.41) is 4.15. The Morgan fingerprint density at radius 1 is 1.31 bits per heavy atom. The van der Waals surface area contributed by atoms with Crippen molar-refractivity contribution in [1.29, 1.82) is 0 Å². The zero-order valence-electron chi connectivity index (χ0n) is 16.5. The van der Waals surface area contributed by atoms with Crippen molar-refractivity contribution >= 4 is 51.4 Å². The monoisotopic (exact) mass is 455 g/mol. The zero-order chi connectivity index (χ0) is 21.1. The Balaban J connectivity index is 1.76. The van der Waals surface area contributed by atoms with Crippen LogP contribution < -0.4 is 10.1 Å². The third-order valence-corrected chi connectivity index (χ3v) is 6.26. The first-order chi connectivity index (χ1) is 13.7. The molecule has 0 unspecified atom stereocenters. The summed E-state index contributed by atoms with van der Waals surface area (Å²) in [5.74, 6) is 0.143.